The van der Waals surface area contributed by atoms with Gasteiger partial charge < -0.3 is 16.4 Å². The molecule has 1 saturated carbocycles. The topological polar surface area (TPSA) is 79.5 Å². The van der Waals surface area contributed by atoms with E-state index in [4.69, 9.17) is 5.73 Å². The van der Waals surface area contributed by atoms with Crippen molar-refractivity contribution in [3.63, 3.8) is 0 Å². The minimum Gasteiger partial charge on any atom is -0.370 e. The van der Waals surface area contributed by atoms with Gasteiger partial charge in [-0.05, 0) is 37.5 Å². The number of nitrogens with one attached hydrogen (secondary N) is 2. The Hall–Kier alpha value is -1.56. The van der Waals surface area contributed by atoms with Gasteiger partial charge in [-0.25, -0.2) is 4.99 Å². The van der Waals surface area contributed by atoms with Crippen LogP contribution in [0.3, 0.4) is 0 Å². The Morgan fingerprint density at radius 2 is 2.09 bits per heavy atom. The minimum atomic E-state index is -0.172. The van der Waals surface area contributed by atoms with Gasteiger partial charge in [0.05, 0.1) is 0 Å². The number of nitrogens with zero attached hydrogens (tertiary/aromatic N) is 1. The number of nitrogens with two attached hydrogens (primary N) is 1. The molecule has 0 aliphatic heterocycles. The highest BCUT2D eigenvalue weighted by Crippen LogP contribution is 2.20. The van der Waals surface area contributed by atoms with E-state index in [1.165, 1.54) is 19.3 Å². The molecule has 0 radical (unpaired) electrons. The van der Waals surface area contributed by atoms with Crippen molar-refractivity contribution < 1.29 is 4.79 Å². The van der Waals surface area contributed by atoms with Crippen LogP contribution in [0.4, 0.5) is 5.69 Å². The number of carbonyl (C=O) groups is 1. The predicted molar refractivity (Wildman–Crippen MR) is 94.0 cm³/mol. The van der Waals surface area contributed by atoms with E-state index in [1.807, 2.05) is 25.1 Å². The standard InChI is InChI=1S/C16H23BrN4O/c1-11-7-8-12(17)9-14(11)21-15(22)10-19-16(18)20-13-5-3-2-4-6-13/h7-9,13H,2-6,10H2,1H3,(H,21,22)(H3,18,19,20). The van der Waals surface area contributed by atoms with Gasteiger partial charge in [0.25, 0.3) is 0 Å². The fraction of sp³-hybridized carbons (Fsp3) is 0.500. The Kier molecular flexibility index (Phi) is 6.24. The molecule has 0 heterocycles. The van der Waals surface area contributed by atoms with Crippen LogP contribution in [0, 0.1) is 6.92 Å². The molecule has 120 valence electrons. The average Bonchev–Trinajstić information content (AvgIpc) is 2.50. The van der Waals surface area contributed by atoms with Crippen LogP contribution < -0.4 is 16.4 Å². The molecule has 1 aromatic rings. The van der Waals surface area contributed by atoms with Crippen molar-refractivity contribution in [2.75, 3.05) is 11.9 Å². The molecule has 1 aromatic carbocycles. The number of anilines is 1. The second-order valence-corrected chi connectivity index (χ2v) is 6.60. The molecule has 0 spiro atoms. The molecule has 6 heteroatoms. The highest BCUT2D eigenvalue weighted by atomic mass is 79.9. The van der Waals surface area contributed by atoms with Crippen molar-refractivity contribution in [2.45, 2.75) is 45.1 Å². The number of guanidine groups is 1. The molecule has 2 rings (SSSR count). The Morgan fingerprint density at radius 1 is 1.36 bits per heavy atom. The van der Waals surface area contributed by atoms with Gasteiger partial charge in [0, 0.05) is 16.2 Å². The number of halogens is 1. The van der Waals surface area contributed by atoms with Gasteiger partial charge in [-0.15, -0.1) is 0 Å². The van der Waals surface area contributed by atoms with Gasteiger partial charge in [0.15, 0.2) is 5.96 Å². The lowest BCUT2D eigenvalue weighted by Gasteiger charge is -2.23. The van der Waals surface area contributed by atoms with Crippen LogP contribution in [-0.2, 0) is 4.79 Å². The van der Waals surface area contributed by atoms with Crippen LogP contribution in [0.1, 0.15) is 37.7 Å². The lowest BCUT2D eigenvalue weighted by molar-refractivity contribution is -0.114. The lowest BCUT2D eigenvalue weighted by atomic mass is 9.96. The maximum absolute atomic E-state index is 12.0. The van der Waals surface area contributed by atoms with Crippen LogP contribution in [0.15, 0.2) is 27.7 Å². The zero-order valence-electron chi connectivity index (χ0n) is 12.9. The summed E-state index contributed by atoms with van der Waals surface area (Å²) in [4.78, 5) is 16.1. The number of benzene rings is 1. The predicted octanol–water partition coefficient (Wildman–Crippen LogP) is 2.93. The highest BCUT2D eigenvalue weighted by molar-refractivity contribution is 9.10. The van der Waals surface area contributed by atoms with Gasteiger partial charge >= 0.3 is 0 Å². The molecule has 1 aliphatic carbocycles. The number of hydrogen-bond donors (Lipinski definition) is 3. The SMILES string of the molecule is Cc1ccc(Br)cc1NC(=O)CN=C(N)NC1CCCCC1. The second-order valence-electron chi connectivity index (χ2n) is 5.69. The first kappa shape index (κ1) is 16.8. The van der Waals surface area contributed by atoms with Crippen molar-refractivity contribution in [2.24, 2.45) is 10.7 Å². The molecule has 0 bridgehead atoms. The number of carbonyl (C=O) groups excluding carboxylic acids is 1. The van der Waals surface area contributed by atoms with Gasteiger partial charge in [0.2, 0.25) is 5.91 Å². The Bertz CT molecular complexity index is 553. The third kappa shape index (κ3) is 5.33. The lowest BCUT2D eigenvalue weighted by Crippen LogP contribution is -2.41. The first-order chi connectivity index (χ1) is 10.5. The summed E-state index contributed by atoms with van der Waals surface area (Å²) in [5.41, 5.74) is 7.65. The van der Waals surface area contributed by atoms with Crippen LogP contribution in [0.5, 0.6) is 0 Å². The van der Waals surface area contributed by atoms with E-state index < -0.39 is 0 Å². The van der Waals surface area contributed by atoms with E-state index in [2.05, 4.69) is 31.6 Å². The van der Waals surface area contributed by atoms with E-state index >= 15 is 0 Å². The van der Waals surface area contributed by atoms with E-state index in [9.17, 15) is 4.79 Å². The van der Waals surface area contributed by atoms with Crippen molar-refractivity contribution in [1.82, 2.24) is 5.32 Å². The highest BCUT2D eigenvalue weighted by Gasteiger charge is 2.13. The molecular weight excluding hydrogens is 344 g/mol. The third-order valence-electron chi connectivity index (χ3n) is 3.82. The van der Waals surface area contributed by atoms with Gasteiger partial charge in [-0.3, -0.25) is 4.79 Å². The van der Waals surface area contributed by atoms with Crippen LogP contribution in [0.2, 0.25) is 0 Å². The van der Waals surface area contributed by atoms with Crippen molar-refractivity contribution in [3.8, 4) is 0 Å². The van der Waals surface area contributed by atoms with Crippen molar-refractivity contribution in [1.29, 1.82) is 0 Å². The molecule has 5 nitrogen and oxygen atoms in total. The summed E-state index contributed by atoms with van der Waals surface area (Å²) in [6, 6.07) is 6.16. The fourth-order valence-corrected chi connectivity index (χ4v) is 2.94. The maximum atomic E-state index is 12.0. The average molecular weight is 367 g/mol. The third-order valence-corrected chi connectivity index (χ3v) is 4.32. The monoisotopic (exact) mass is 366 g/mol. The molecule has 0 saturated heterocycles. The zero-order chi connectivity index (χ0) is 15.9. The second kappa shape index (κ2) is 8.17. The Labute approximate surface area is 139 Å². The molecule has 0 unspecified atom stereocenters. The molecule has 1 amide bonds. The van der Waals surface area contributed by atoms with Crippen molar-refractivity contribution >= 4 is 33.5 Å². The quantitative estimate of drug-likeness (QED) is 0.566. The number of aryl methyl sites for hydroxylation is 1. The first-order valence-corrected chi connectivity index (χ1v) is 8.46. The number of amides is 1. The number of rotatable bonds is 4. The molecule has 1 fully saturated rings. The summed E-state index contributed by atoms with van der Waals surface area (Å²) in [7, 11) is 0. The molecule has 0 aromatic heterocycles. The fourth-order valence-electron chi connectivity index (χ4n) is 2.58. The molecular formula is C16H23BrN4O. The summed E-state index contributed by atoms with van der Waals surface area (Å²) < 4.78 is 0.926. The largest absolute Gasteiger partial charge is 0.370 e. The molecule has 1 aliphatic rings. The summed E-state index contributed by atoms with van der Waals surface area (Å²) in [6.07, 6.45) is 6.00. The molecule has 4 N–H and O–H groups in total. The summed E-state index contributed by atoms with van der Waals surface area (Å²) in [5, 5.41) is 6.05. The number of aliphatic imine (C=N–C) groups is 1. The van der Waals surface area contributed by atoms with Crippen LogP contribution in [0.25, 0.3) is 0 Å². The van der Waals surface area contributed by atoms with E-state index in [-0.39, 0.29) is 12.5 Å². The van der Waals surface area contributed by atoms with Gasteiger partial charge in [0.1, 0.15) is 6.54 Å². The molecule has 22 heavy (non-hydrogen) atoms. The van der Waals surface area contributed by atoms with Crippen molar-refractivity contribution in [3.05, 3.63) is 28.2 Å². The Morgan fingerprint density at radius 3 is 2.82 bits per heavy atom. The van der Waals surface area contributed by atoms with Gasteiger partial charge in [-0.1, -0.05) is 41.3 Å². The summed E-state index contributed by atoms with van der Waals surface area (Å²) in [6.45, 7) is 1.97. The zero-order valence-corrected chi connectivity index (χ0v) is 14.4. The first-order valence-electron chi connectivity index (χ1n) is 7.67. The summed E-state index contributed by atoms with van der Waals surface area (Å²) in [5.74, 6) is 0.183. The Balaban J connectivity index is 1.83. The van der Waals surface area contributed by atoms with Crippen LogP contribution in [-0.4, -0.2) is 24.5 Å². The minimum absolute atomic E-state index is 0.0253. The summed E-state index contributed by atoms with van der Waals surface area (Å²) >= 11 is 3.39. The van der Waals surface area contributed by atoms with Gasteiger partial charge in [-0.2, -0.15) is 0 Å². The maximum Gasteiger partial charge on any atom is 0.246 e. The van der Waals surface area contributed by atoms with E-state index in [1.54, 1.807) is 0 Å². The smallest absolute Gasteiger partial charge is 0.246 e. The molecule has 0 atom stereocenters. The van der Waals surface area contributed by atoms with E-state index in [0.29, 0.717) is 12.0 Å². The van der Waals surface area contributed by atoms with E-state index in [0.717, 1.165) is 28.6 Å². The van der Waals surface area contributed by atoms with Crippen LogP contribution >= 0.6 is 15.9 Å². The number of hydrogen-bond acceptors (Lipinski definition) is 2. The normalized spacial score (nSPS) is 16.4.